The van der Waals surface area contributed by atoms with E-state index in [0.29, 0.717) is 12.0 Å². The molecule has 0 radical (unpaired) electrons. The molecule has 2 nitrogen and oxygen atoms in total. The Bertz CT molecular complexity index is 316. The molecular weight excluding hydrogens is 296 g/mol. The van der Waals surface area contributed by atoms with Crippen LogP contribution in [0.15, 0.2) is 33.6 Å². The lowest BCUT2D eigenvalue weighted by Crippen LogP contribution is -2.41. The maximum absolute atomic E-state index is 5.62. The van der Waals surface area contributed by atoms with Crippen molar-refractivity contribution in [1.82, 2.24) is 5.43 Å². The Morgan fingerprint density at radius 3 is 2.53 bits per heavy atom. The topological polar surface area (TPSA) is 38.0 Å². The highest BCUT2D eigenvalue weighted by atomic mass is 79.9. The molecule has 1 aromatic carbocycles. The van der Waals surface area contributed by atoms with Gasteiger partial charge in [-0.05, 0) is 36.6 Å². The summed E-state index contributed by atoms with van der Waals surface area (Å²) in [6.45, 7) is 4.47. The minimum atomic E-state index is 0.378. The monoisotopic (exact) mass is 316 g/mol. The first-order chi connectivity index (χ1) is 8.17. The molecule has 1 aromatic rings. The van der Waals surface area contributed by atoms with Crippen LogP contribution >= 0.6 is 27.7 Å². The molecule has 96 valence electrons. The predicted octanol–water partition coefficient (Wildman–Crippen LogP) is 3.81. The molecule has 0 saturated carbocycles. The molecule has 0 aliphatic heterocycles. The standard InChI is InChI=1S/C13H21BrN2S/c1-3-4-10(2)13(16-15)9-17-12-7-5-11(14)6-8-12/h5-8,10,13,16H,3-4,9,15H2,1-2H3. The summed E-state index contributed by atoms with van der Waals surface area (Å²) < 4.78 is 1.12. The number of nitrogens with one attached hydrogen (secondary N) is 1. The zero-order valence-electron chi connectivity index (χ0n) is 10.4. The first-order valence-corrected chi connectivity index (χ1v) is 7.79. The second kappa shape index (κ2) is 8.14. The number of thioether (sulfide) groups is 1. The molecule has 0 aliphatic carbocycles. The van der Waals surface area contributed by atoms with Crippen molar-refractivity contribution in [3.63, 3.8) is 0 Å². The molecule has 1 rings (SSSR count). The fourth-order valence-electron chi connectivity index (χ4n) is 1.75. The van der Waals surface area contributed by atoms with Crippen LogP contribution in [0.2, 0.25) is 0 Å². The van der Waals surface area contributed by atoms with Gasteiger partial charge in [0.05, 0.1) is 0 Å². The van der Waals surface area contributed by atoms with Gasteiger partial charge < -0.3 is 0 Å². The molecule has 0 spiro atoms. The van der Waals surface area contributed by atoms with Gasteiger partial charge >= 0.3 is 0 Å². The minimum Gasteiger partial charge on any atom is -0.271 e. The average molecular weight is 317 g/mol. The molecule has 2 atom stereocenters. The summed E-state index contributed by atoms with van der Waals surface area (Å²) >= 11 is 5.29. The summed E-state index contributed by atoms with van der Waals surface area (Å²) in [6.07, 6.45) is 2.43. The van der Waals surface area contributed by atoms with Crippen LogP contribution in [0.1, 0.15) is 26.7 Å². The minimum absolute atomic E-state index is 0.378. The largest absolute Gasteiger partial charge is 0.271 e. The summed E-state index contributed by atoms with van der Waals surface area (Å²) in [6, 6.07) is 8.79. The van der Waals surface area contributed by atoms with Crippen LogP contribution in [-0.2, 0) is 0 Å². The zero-order chi connectivity index (χ0) is 12.7. The lowest BCUT2D eigenvalue weighted by atomic mass is 9.99. The maximum Gasteiger partial charge on any atom is 0.0330 e. The quantitative estimate of drug-likeness (QED) is 0.456. The van der Waals surface area contributed by atoms with E-state index < -0.39 is 0 Å². The molecule has 0 aromatic heterocycles. The van der Waals surface area contributed by atoms with Crippen LogP contribution in [-0.4, -0.2) is 11.8 Å². The summed E-state index contributed by atoms with van der Waals surface area (Å²) in [5.41, 5.74) is 2.94. The number of hydrogen-bond donors (Lipinski definition) is 2. The van der Waals surface area contributed by atoms with E-state index in [9.17, 15) is 0 Å². The van der Waals surface area contributed by atoms with E-state index in [2.05, 4.69) is 59.5 Å². The average Bonchev–Trinajstić information content (AvgIpc) is 2.32. The summed E-state index contributed by atoms with van der Waals surface area (Å²) in [5.74, 6) is 7.25. The van der Waals surface area contributed by atoms with Crippen molar-refractivity contribution in [1.29, 1.82) is 0 Å². The first-order valence-electron chi connectivity index (χ1n) is 6.01. The van der Waals surface area contributed by atoms with Crippen LogP contribution in [0, 0.1) is 5.92 Å². The van der Waals surface area contributed by atoms with Crippen LogP contribution in [0.4, 0.5) is 0 Å². The van der Waals surface area contributed by atoms with Crippen LogP contribution < -0.4 is 11.3 Å². The lowest BCUT2D eigenvalue weighted by Gasteiger charge is -2.22. The van der Waals surface area contributed by atoms with E-state index in [1.54, 1.807) is 0 Å². The van der Waals surface area contributed by atoms with Gasteiger partial charge in [0.2, 0.25) is 0 Å². The first kappa shape index (κ1) is 15.0. The number of hydrazine groups is 1. The highest BCUT2D eigenvalue weighted by molar-refractivity contribution is 9.10. The second-order valence-corrected chi connectivity index (χ2v) is 6.31. The molecular formula is C13H21BrN2S. The van der Waals surface area contributed by atoms with Crippen molar-refractivity contribution < 1.29 is 0 Å². The highest BCUT2D eigenvalue weighted by Crippen LogP contribution is 2.23. The predicted molar refractivity (Wildman–Crippen MR) is 80.0 cm³/mol. The Kier molecular flexibility index (Phi) is 7.19. The van der Waals surface area contributed by atoms with Crippen LogP contribution in [0.25, 0.3) is 0 Å². The fourth-order valence-corrected chi connectivity index (χ4v) is 3.14. The molecule has 0 saturated heterocycles. The molecule has 2 unspecified atom stereocenters. The third kappa shape index (κ3) is 5.42. The number of halogens is 1. The molecule has 4 heteroatoms. The molecule has 0 aliphatic rings. The Balaban J connectivity index is 2.44. The summed E-state index contributed by atoms with van der Waals surface area (Å²) in [5, 5.41) is 0. The molecule has 3 N–H and O–H groups in total. The number of rotatable bonds is 7. The Morgan fingerprint density at radius 1 is 1.35 bits per heavy atom. The number of hydrogen-bond acceptors (Lipinski definition) is 3. The molecule has 0 bridgehead atoms. The molecule has 0 fully saturated rings. The number of nitrogens with two attached hydrogens (primary N) is 1. The van der Waals surface area contributed by atoms with Crippen LogP contribution in [0.3, 0.4) is 0 Å². The third-order valence-electron chi connectivity index (χ3n) is 2.89. The van der Waals surface area contributed by atoms with Gasteiger partial charge in [0.1, 0.15) is 0 Å². The van der Waals surface area contributed by atoms with E-state index in [1.807, 2.05) is 11.8 Å². The van der Waals surface area contributed by atoms with Gasteiger partial charge in [-0.3, -0.25) is 11.3 Å². The van der Waals surface area contributed by atoms with Gasteiger partial charge in [-0.25, -0.2) is 0 Å². The van der Waals surface area contributed by atoms with E-state index >= 15 is 0 Å². The Labute approximate surface area is 117 Å². The van der Waals surface area contributed by atoms with Gasteiger partial charge in [0, 0.05) is 21.2 Å². The molecule has 0 amide bonds. The SMILES string of the molecule is CCCC(C)C(CSc1ccc(Br)cc1)NN. The van der Waals surface area contributed by atoms with Crippen molar-refractivity contribution in [2.45, 2.75) is 37.6 Å². The van der Waals surface area contributed by atoms with Crippen molar-refractivity contribution >= 4 is 27.7 Å². The van der Waals surface area contributed by atoms with E-state index in [0.717, 1.165) is 10.2 Å². The van der Waals surface area contributed by atoms with E-state index in [4.69, 9.17) is 5.84 Å². The van der Waals surface area contributed by atoms with E-state index in [1.165, 1.54) is 17.7 Å². The van der Waals surface area contributed by atoms with Gasteiger partial charge in [0.25, 0.3) is 0 Å². The summed E-state index contributed by atoms with van der Waals surface area (Å²) in [4.78, 5) is 1.29. The van der Waals surface area contributed by atoms with Crippen molar-refractivity contribution in [2.24, 2.45) is 11.8 Å². The maximum atomic E-state index is 5.62. The van der Waals surface area contributed by atoms with Crippen molar-refractivity contribution in [2.75, 3.05) is 5.75 Å². The number of benzene rings is 1. The van der Waals surface area contributed by atoms with Gasteiger partial charge in [-0.2, -0.15) is 0 Å². The molecule has 0 heterocycles. The smallest absolute Gasteiger partial charge is 0.0330 e. The zero-order valence-corrected chi connectivity index (χ0v) is 12.9. The van der Waals surface area contributed by atoms with Crippen molar-refractivity contribution in [3.05, 3.63) is 28.7 Å². The second-order valence-electron chi connectivity index (χ2n) is 4.30. The third-order valence-corrected chi connectivity index (χ3v) is 4.55. The van der Waals surface area contributed by atoms with E-state index in [-0.39, 0.29) is 0 Å². The summed E-state index contributed by atoms with van der Waals surface area (Å²) in [7, 11) is 0. The van der Waals surface area contributed by atoms with Gasteiger partial charge in [-0.15, -0.1) is 11.8 Å². The van der Waals surface area contributed by atoms with Crippen LogP contribution in [0.5, 0.6) is 0 Å². The van der Waals surface area contributed by atoms with Gasteiger partial charge in [-0.1, -0.05) is 36.2 Å². The Morgan fingerprint density at radius 2 is 2.00 bits per heavy atom. The lowest BCUT2D eigenvalue weighted by molar-refractivity contribution is 0.387. The highest BCUT2D eigenvalue weighted by Gasteiger charge is 2.15. The normalized spacial score (nSPS) is 14.6. The molecule has 17 heavy (non-hydrogen) atoms. The fraction of sp³-hybridized carbons (Fsp3) is 0.538. The van der Waals surface area contributed by atoms with Crippen molar-refractivity contribution in [3.8, 4) is 0 Å². The Hall–Kier alpha value is -0.0300. The van der Waals surface area contributed by atoms with Gasteiger partial charge in [0.15, 0.2) is 0 Å².